The lowest BCUT2D eigenvalue weighted by molar-refractivity contribution is 1.38. The molecule has 0 aliphatic carbocycles. The van der Waals surface area contributed by atoms with E-state index in [0.29, 0.717) is 0 Å². The van der Waals surface area contributed by atoms with Crippen LogP contribution in [0.4, 0.5) is 0 Å². The van der Waals surface area contributed by atoms with E-state index in [0.717, 1.165) is 20.9 Å². The van der Waals surface area contributed by atoms with Gasteiger partial charge in [0.25, 0.3) is 0 Å². The maximum atomic E-state index is 3.22. The Balaban J connectivity index is 1.53. The molecule has 2 heteroatoms. The summed E-state index contributed by atoms with van der Waals surface area (Å²) in [7, 11) is 0. The van der Waals surface area contributed by atoms with Crippen LogP contribution < -0.4 is 0 Å². The zero-order valence-electron chi connectivity index (χ0n) is 16.2. The van der Waals surface area contributed by atoms with Gasteiger partial charge in [-0.3, -0.25) is 0 Å². The van der Waals surface area contributed by atoms with Gasteiger partial charge < -0.3 is 0 Å². The van der Waals surface area contributed by atoms with Crippen molar-refractivity contribution < 1.29 is 0 Å². The minimum Gasteiger partial charge on any atom is -0.0888 e. The van der Waals surface area contributed by atoms with Crippen molar-refractivity contribution in [3.8, 4) is 23.7 Å². The highest BCUT2D eigenvalue weighted by Crippen LogP contribution is 2.30. The summed E-state index contributed by atoms with van der Waals surface area (Å²) < 4.78 is 0. The van der Waals surface area contributed by atoms with Gasteiger partial charge in [0.15, 0.2) is 0 Å². The first kappa shape index (κ1) is 20.0. The molecule has 4 aromatic rings. The molecule has 0 amide bonds. The van der Waals surface area contributed by atoms with Crippen molar-refractivity contribution >= 4 is 23.5 Å². The third-order valence-corrected chi connectivity index (χ3v) is 6.34. The molecule has 0 heterocycles. The Bertz CT molecular complexity index is 1140. The van der Waals surface area contributed by atoms with Crippen molar-refractivity contribution in [2.24, 2.45) is 0 Å². The zero-order valence-corrected chi connectivity index (χ0v) is 17.8. The normalized spacial score (nSPS) is 9.73. The molecule has 4 aromatic carbocycles. The maximum absolute atomic E-state index is 3.22. The van der Waals surface area contributed by atoms with Crippen LogP contribution in [0.25, 0.3) is 0 Å². The molecule has 0 fully saturated rings. The monoisotopic (exact) mass is 418 g/mol. The van der Waals surface area contributed by atoms with Gasteiger partial charge in [-0.2, -0.15) is 0 Å². The molecule has 0 radical (unpaired) electrons. The highest BCUT2D eigenvalue weighted by molar-refractivity contribution is 7.99. The number of rotatable bonds is 4. The maximum Gasteiger partial charge on any atom is 0.0395 e. The quantitative estimate of drug-likeness (QED) is 0.317. The van der Waals surface area contributed by atoms with Crippen molar-refractivity contribution in [1.29, 1.82) is 0 Å². The van der Waals surface area contributed by atoms with Crippen LogP contribution in [0, 0.1) is 23.7 Å². The van der Waals surface area contributed by atoms with E-state index in [1.54, 1.807) is 23.5 Å². The van der Waals surface area contributed by atoms with Crippen LogP contribution in [-0.2, 0) is 0 Å². The van der Waals surface area contributed by atoms with Crippen LogP contribution in [0.5, 0.6) is 0 Å². The van der Waals surface area contributed by atoms with Crippen molar-refractivity contribution in [1.82, 2.24) is 0 Å². The summed E-state index contributed by atoms with van der Waals surface area (Å²) in [6, 6.07) is 37.1. The predicted molar refractivity (Wildman–Crippen MR) is 128 cm³/mol. The van der Waals surface area contributed by atoms with Crippen molar-refractivity contribution in [2.45, 2.75) is 19.6 Å². The van der Waals surface area contributed by atoms with E-state index in [2.05, 4.69) is 60.1 Å². The van der Waals surface area contributed by atoms with Gasteiger partial charge in [0, 0.05) is 30.7 Å². The van der Waals surface area contributed by atoms with Crippen LogP contribution in [0.1, 0.15) is 11.1 Å². The number of hydrogen-bond acceptors (Lipinski definition) is 2. The minimum absolute atomic E-state index is 0.993. The lowest BCUT2D eigenvalue weighted by Gasteiger charge is -2.04. The van der Waals surface area contributed by atoms with Gasteiger partial charge >= 0.3 is 0 Å². The molecule has 0 bridgehead atoms. The first-order valence-electron chi connectivity index (χ1n) is 9.54. The molecule has 0 atom stereocenters. The van der Waals surface area contributed by atoms with E-state index >= 15 is 0 Å². The van der Waals surface area contributed by atoms with E-state index in [-0.39, 0.29) is 0 Å². The second-order valence-electron chi connectivity index (χ2n) is 6.32. The highest BCUT2D eigenvalue weighted by Gasteiger charge is 2.02. The molecule has 4 rings (SSSR count). The zero-order chi connectivity index (χ0) is 20.4. The first-order valence-corrected chi connectivity index (χ1v) is 11.2. The van der Waals surface area contributed by atoms with Gasteiger partial charge in [-0.25, -0.2) is 0 Å². The molecular weight excluding hydrogens is 400 g/mol. The van der Waals surface area contributed by atoms with E-state index in [1.807, 2.05) is 72.8 Å². The van der Waals surface area contributed by atoms with Gasteiger partial charge in [0.2, 0.25) is 0 Å². The average molecular weight is 419 g/mol. The summed E-state index contributed by atoms with van der Waals surface area (Å²) in [5, 5.41) is 0. The minimum atomic E-state index is 0.993. The Morgan fingerprint density at radius 2 is 0.767 bits per heavy atom. The molecule has 0 N–H and O–H groups in total. The average Bonchev–Trinajstić information content (AvgIpc) is 2.80. The largest absolute Gasteiger partial charge is 0.0888 e. The molecule has 0 aliphatic rings. The van der Waals surface area contributed by atoms with E-state index in [9.17, 15) is 0 Å². The van der Waals surface area contributed by atoms with Crippen LogP contribution >= 0.6 is 23.5 Å². The third-order valence-electron chi connectivity index (χ3n) is 4.17. The molecule has 0 saturated carbocycles. The fourth-order valence-electron chi connectivity index (χ4n) is 2.75. The smallest absolute Gasteiger partial charge is 0.0395 e. The van der Waals surface area contributed by atoms with Crippen LogP contribution in [0.3, 0.4) is 0 Å². The molecule has 0 aliphatic heterocycles. The van der Waals surface area contributed by atoms with Gasteiger partial charge in [-0.15, -0.1) is 0 Å². The molecule has 142 valence electrons. The molecule has 0 saturated heterocycles. The summed E-state index contributed by atoms with van der Waals surface area (Å²) in [5.41, 5.74) is 1.99. The lowest BCUT2D eigenvalue weighted by Crippen LogP contribution is -1.81. The standard InChI is InChI=1S/C28H18S2/c1-3-17-25(18-4-1)29-27-21-11-9-15-23(27)13-7-8-14-24-16-10-12-22-28(24)30-26-19-5-2-6-20-26/h1-6,9-12,15-22H. The SMILES string of the molecule is C(C#Cc1ccccc1Sc1ccccc1)#Cc1ccccc1Sc1ccccc1. The fourth-order valence-corrected chi connectivity index (χ4v) is 4.59. The van der Waals surface area contributed by atoms with Crippen molar-refractivity contribution in [3.05, 3.63) is 120 Å². The van der Waals surface area contributed by atoms with Crippen LogP contribution in [0.2, 0.25) is 0 Å². The van der Waals surface area contributed by atoms with Gasteiger partial charge in [-0.05, 0) is 60.4 Å². The highest BCUT2D eigenvalue weighted by atomic mass is 32.2. The molecule has 0 unspecified atom stereocenters. The molecule has 0 spiro atoms. The summed E-state index contributed by atoms with van der Waals surface area (Å²) in [6.45, 7) is 0. The Hall–Kier alpha value is -3.30. The van der Waals surface area contributed by atoms with Crippen LogP contribution in [-0.4, -0.2) is 0 Å². The Labute approximate surface area is 186 Å². The molecular formula is C28H18S2. The molecule has 30 heavy (non-hydrogen) atoms. The summed E-state index contributed by atoms with van der Waals surface area (Å²) in [4.78, 5) is 4.67. The summed E-state index contributed by atoms with van der Waals surface area (Å²) in [5.74, 6) is 12.5. The van der Waals surface area contributed by atoms with E-state index in [1.165, 1.54) is 9.79 Å². The number of hydrogen-bond donors (Lipinski definition) is 0. The molecule has 0 aromatic heterocycles. The Morgan fingerprint density at radius 1 is 0.400 bits per heavy atom. The van der Waals surface area contributed by atoms with Crippen molar-refractivity contribution in [2.75, 3.05) is 0 Å². The van der Waals surface area contributed by atoms with Gasteiger partial charge in [-0.1, -0.05) is 96.0 Å². The Kier molecular flexibility index (Phi) is 6.98. The van der Waals surface area contributed by atoms with Gasteiger partial charge in [0.1, 0.15) is 0 Å². The van der Waals surface area contributed by atoms with Crippen molar-refractivity contribution in [3.63, 3.8) is 0 Å². The third kappa shape index (κ3) is 5.62. The fraction of sp³-hybridized carbons (Fsp3) is 0. The predicted octanol–water partition coefficient (Wildman–Crippen LogP) is 7.39. The van der Waals surface area contributed by atoms with Gasteiger partial charge in [0.05, 0.1) is 0 Å². The second kappa shape index (κ2) is 10.5. The number of benzene rings is 4. The summed E-state index contributed by atoms with van der Waals surface area (Å²) in [6.07, 6.45) is 0. The topological polar surface area (TPSA) is 0 Å². The van der Waals surface area contributed by atoms with E-state index < -0.39 is 0 Å². The molecule has 0 nitrogen and oxygen atoms in total. The Morgan fingerprint density at radius 3 is 1.20 bits per heavy atom. The first-order chi connectivity index (χ1) is 14.9. The lowest BCUT2D eigenvalue weighted by atomic mass is 10.2. The summed E-state index contributed by atoms with van der Waals surface area (Å²) >= 11 is 3.44. The second-order valence-corrected chi connectivity index (χ2v) is 8.55. The van der Waals surface area contributed by atoms with E-state index in [4.69, 9.17) is 0 Å². The van der Waals surface area contributed by atoms with Crippen LogP contribution in [0.15, 0.2) is 129 Å².